The van der Waals surface area contributed by atoms with Gasteiger partial charge in [0.05, 0.1) is 22.8 Å². The fourth-order valence-electron chi connectivity index (χ4n) is 3.63. The van der Waals surface area contributed by atoms with Gasteiger partial charge in [0.15, 0.2) is 0 Å². The molecule has 4 aromatic rings. The van der Waals surface area contributed by atoms with Gasteiger partial charge in [-0.05, 0) is 49.6 Å². The minimum atomic E-state index is -0.331. The summed E-state index contributed by atoms with van der Waals surface area (Å²) in [4.78, 5) is 15.8. The number of aromatic nitrogens is 3. The van der Waals surface area contributed by atoms with Gasteiger partial charge < -0.3 is 10.1 Å². The molecule has 130 valence electrons. The summed E-state index contributed by atoms with van der Waals surface area (Å²) in [5, 5.41) is 15.8. The second-order valence-electron chi connectivity index (χ2n) is 6.61. The van der Waals surface area contributed by atoms with Crippen molar-refractivity contribution in [3.05, 3.63) is 75.7 Å². The molecule has 0 saturated carbocycles. The smallest absolute Gasteiger partial charge is 0.261 e. The minimum Gasteiger partial charge on any atom is -0.506 e. The maximum absolute atomic E-state index is 12.9. The van der Waals surface area contributed by atoms with E-state index in [1.54, 1.807) is 10.9 Å². The molecule has 5 nitrogen and oxygen atoms in total. The highest BCUT2D eigenvalue weighted by Crippen LogP contribution is 2.36. The average molecular weight is 345 g/mol. The molecule has 0 atom stereocenters. The molecule has 0 bridgehead atoms. The lowest BCUT2D eigenvalue weighted by molar-refractivity contribution is 0.482. The maximum atomic E-state index is 12.9. The van der Waals surface area contributed by atoms with Crippen LogP contribution in [0.1, 0.15) is 16.7 Å². The van der Waals surface area contributed by atoms with Gasteiger partial charge in [0.2, 0.25) is 0 Å². The Bertz CT molecular complexity index is 1160. The normalized spacial score (nSPS) is 11.2. The molecule has 0 aliphatic heterocycles. The Morgan fingerprint density at radius 2 is 1.65 bits per heavy atom. The lowest BCUT2D eigenvalue weighted by Gasteiger charge is -2.13. The molecule has 0 aliphatic carbocycles. The molecule has 0 fully saturated rings. The summed E-state index contributed by atoms with van der Waals surface area (Å²) in [7, 11) is 0. The standard InChI is InChI=1S/C21H19N3O2/c1-12-9-13(2)17(14(3)10-12)18-19(25)16-11-22-24(20(16)23-21(18)26)15-7-5-4-6-8-15/h4-11H,1-3H3,(H2,23,25,26). The predicted molar refractivity (Wildman–Crippen MR) is 103 cm³/mol. The van der Waals surface area contributed by atoms with Crippen molar-refractivity contribution in [2.75, 3.05) is 0 Å². The third-order valence-electron chi connectivity index (χ3n) is 4.65. The largest absolute Gasteiger partial charge is 0.506 e. The molecular formula is C21H19N3O2. The van der Waals surface area contributed by atoms with Crippen LogP contribution in [0, 0.1) is 20.8 Å². The van der Waals surface area contributed by atoms with Crippen LogP contribution in [0.5, 0.6) is 5.75 Å². The summed E-state index contributed by atoms with van der Waals surface area (Å²) in [6, 6.07) is 13.5. The highest BCUT2D eigenvalue weighted by molar-refractivity contribution is 5.91. The van der Waals surface area contributed by atoms with Crippen molar-refractivity contribution in [2.24, 2.45) is 0 Å². The molecule has 0 amide bonds. The topological polar surface area (TPSA) is 70.9 Å². The first-order chi connectivity index (χ1) is 12.5. The van der Waals surface area contributed by atoms with Crippen molar-refractivity contribution in [1.29, 1.82) is 0 Å². The van der Waals surface area contributed by atoms with Crippen LogP contribution in [0.4, 0.5) is 0 Å². The van der Waals surface area contributed by atoms with Crippen molar-refractivity contribution in [2.45, 2.75) is 20.8 Å². The van der Waals surface area contributed by atoms with Gasteiger partial charge in [-0.3, -0.25) is 4.79 Å². The molecule has 0 saturated heterocycles. The summed E-state index contributed by atoms with van der Waals surface area (Å²) in [5.41, 5.74) is 5.05. The lowest BCUT2D eigenvalue weighted by atomic mass is 9.93. The van der Waals surface area contributed by atoms with Crippen molar-refractivity contribution in [3.63, 3.8) is 0 Å². The maximum Gasteiger partial charge on any atom is 0.261 e. The van der Waals surface area contributed by atoms with E-state index in [4.69, 9.17) is 0 Å². The molecule has 2 heterocycles. The number of hydrogen-bond acceptors (Lipinski definition) is 3. The zero-order valence-corrected chi connectivity index (χ0v) is 14.9. The molecule has 4 rings (SSSR count). The molecule has 2 aromatic carbocycles. The van der Waals surface area contributed by atoms with Crippen molar-refractivity contribution < 1.29 is 5.11 Å². The van der Waals surface area contributed by atoms with E-state index in [9.17, 15) is 9.90 Å². The van der Waals surface area contributed by atoms with Gasteiger partial charge >= 0.3 is 0 Å². The molecule has 0 radical (unpaired) electrons. The quantitative estimate of drug-likeness (QED) is 0.576. The van der Waals surface area contributed by atoms with E-state index >= 15 is 0 Å². The van der Waals surface area contributed by atoms with E-state index in [1.807, 2.05) is 63.2 Å². The summed E-state index contributed by atoms with van der Waals surface area (Å²) in [6.07, 6.45) is 1.58. The highest BCUT2D eigenvalue weighted by atomic mass is 16.3. The number of benzene rings is 2. The Balaban J connectivity index is 2.02. The molecule has 26 heavy (non-hydrogen) atoms. The van der Waals surface area contributed by atoms with E-state index in [0.29, 0.717) is 16.6 Å². The Hall–Kier alpha value is -3.34. The van der Waals surface area contributed by atoms with Crippen molar-refractivity contribution >= 4 is 11.0 Å². The fraction of sp³-hybridized carbons (Fsp3) is 0.143. The molecule has 0 spiro atoms. The van der Waals surface area contributed by atoms with Crippen LogP contribution in [-0.2, 0) is 0 Å². The van der Waals surface area contributed by atoms with E-state index < -0.39 is 0 Å². The number of aromatic amines is 1. The SMILES string of the molecule is Cc1cc(C)c(-c2c(O)c3cnn(-c4ccccc4)c3[nH]c2=O)c(C)c1. The molecule has 0 aliphatic rings. The summed E-state index contributed by atoms with van der Waals surface area (Å²) < 4.78 is 1.62. The fourth-order valence-corrected chi connectivity index (χ4v) is 3.63. The van der Waals surface area contributed by atoms with Gasteiger partial charge in [-0.2, -0.15) is 5.10 Å². The van der Waals surface area contributed by atoms with Crippen LogP contribution in [0.2, 0.25) is 0 Å². The van der Waals surface area contributed by atoms with Gasteiger partial charge in [-0.1, -0.05) is 35.9 Å². The Morgan fingerprint density at radius 3 is 2.31 bits per heavy atom. The highest BCUT2D eigenvalue weighted by Gasteiger charge is 2.20. The summed E-state index contributed by atoms with van der Waals surface area (Å²) >= 11 is 0. The van der Waals surface area contributed by atoms with Crippen LogP contribution < -0.4 is 5.56 Å². The van der Waals surface area contributed by atoms with Gasteiger partial charge in [-0.25, -0.2) is 4.68 Å². The number of hydrogen-bond donors (Lipinski definition) is 2. The van der Waals surface area contributed by atoms with E-state index in [-0.39, 0.29) is 11.3 Å². The second kappa shape index (κ2) is 5.88. The average Bonchev–Trinajstić information content (AvgIpc) is 3.01. The molecule has 2 N–H and O–H groups in total. The first kappa shape index (κ1) is 16.1. The van der Waals surface area contributed by atoms with Crippen molar-refractivity contribution in [1.82, 2.24) is 14.8 Å². The van der Waals surface area contributed by atoms with Crippen LogP contribution in [0.25, 0.3) is 27.8 Å². The van der Waals surface area contributed by atoms with Gasteiger partial charge in [0.1, 0.15) is 11.4 Å². The Morgan fingerprint density at radius 1 is 1.00 bits per heavy atom. The number of fused-ring (bicyclic) bond motifs is 1. The summed E-state index contributed by atoms with van der Waals surface area (Å²) in [5.74, 6) is -0.0408. The minimum absolute atomic E-state index is 0.0408. The van der Waals surface area contributed by atoms with Crippen LogP contribution in [0.15, 0.2) is 53.5 Å². The Labute approximate surface area is 150 Å². The Kier molecular flexibility index (Phi) is 3.65. The van der Waals surface area contributed by atoms with E-state index in [2.05, 4.69) is 10.1 Å². The third-order valence-corrected chi connectivity index (χ3v) is 4.65. The number of aryl methyl sites for hydroxylation is 3. The van der Waals surface area contributed by atoms with Crippen LogP contribution >= 0.6 is 0 Å². The van der Waals surface area contributed by atoms with Gasteiger partial charge in [0.25, 0.3) is 5.56 Å². The van der Waals surface area contributed by atoms with Crippen LogP contribution in [0.3, 0.4) is 0 Å². The molecule has 2 aromatic heterocycles. The number of rotatable bonds is 2. The number of nitrogens with zero attached hydrogens (tertiary/aromatic N) is 2. The van der Waals surface area contributed by atoms with E-state index in [0.717, 1.165) is 27.9 Å². The predicted octanol–water partition coefficient (Wildman–Crippen LogP) is 4.01. The molecule has 0 unspecified atom stereocenters. The first-order valence-electron chi connectivity index (χ1n) is 8.44. The number of nitrogens with one attached hydrogen (secondary N) is 1. The molecule has 5 heteroatoms. The summed E-state index contributed by atoms with van der Waals surface area (Å²) in [6.45, 7) is 5.92. The number of aromatic hydroxyl groups is 1. The number of H-pyrrole nitrogens is 1. The first-order valence-corrected chi connectivity index (χ1v) is 8.44. The zero-order chi connectivity index (χ0) is 18.4. The monoisotopic (exact) mass is 345 g/mol. The molecular weight excluding hydrogens is 326 g/mol. The second-order valence-corrected chi connectivity index (χ2v) is 6.61. The zero-order valence-electron chi connectivity index (χ0n) is 14.9. The lowest BCUT2D eigenvalue weighted by Crippen LogP contribution is -2.12. The third kappa shape index (κ3) is 2.40. The van der Waals surface area contributed by atoms with Gasteiger partial charge in [-0.15, -0.1) is 0 Å². The van der Waals surface area contributed by atoms with Crippen LogP contribution in [-0.4, -0.2) is 19.9 Å². The van der Waals surface area contributed by atoms with E-state index in [1.165, 1.54) is 0 Å². The number of pyridine rings is 1. The number of para-hydroxylation sites is 1. The van der Waals surface area contributed by atoms with Gasteiger partial charge in [0, 0.05) is 0 Å². The van der Waals surface area contributed by atoms with Crippen molar-refractivity contribution in [3.8, 4) is 22.6 Å².